The van der Waals surface area contributed by atoms with Crippen LogP contribution in [0.4, 0.5) is 0 Å². The van der Waals surface area contributed by atoms with E-state index in [9.17, 15) is 9.59 Å². The molecule has 1 aromatic rings. The molecule has 0 aliphatic carbocycles. The molecule has 0 aliphatic heterocycles. The van der Waals surface area contributed by atoms with Crippen molar-refractivity contribution in [3.05, 3.63) is 20.7 Å². The minimum absolute atomic E-state index is 0.0214. The van der Waals surface area contributed by atoms with Crippen LogP contribution in [0.25, 0.3) is 0 Å². The first kappa shape index (κ1) is 12.9. The van der Waals surface area contributed by atoms with E-state index >= 15 is 0 Å². The lowest BCUT2D eigenvalue weighted by Crippen LogP contribution is -2.38. The van der Waals surface area contributed by atoms with E-state index in [2.05, 4.69) is 15.6 Å². The Morgan fingerprint density at radius 3 is 2.94 bits per heavy atom. The van der Waals surface area contributed by atoms with Crippen LogP contribution in [0, 0.1) is 0 Å². The minimum Gasteiger partial charge on any atom is -0.353 e. The van der Waals surface area contributed by atoms with Gasteiger partial charge in [-0.2, -0.15) is 0 Å². The molecule has 0 fully saturated rings. The maximum Gasteiger partial charge on any atom is 0.304 e. The molecule has 5 nitrogen and oxygen atoms in total. The molecule has 1 aromatic heterocycles. The molecule has 3 N–H and O–H groups in total. The first-order chi connectivity index (χ1) is 7.61. The predicted molar refractivity (Wildman–Crippen MR) is 64.5 cm³/mol. The van der Waals surface area contributed by atoms with Gasteiger partial charge >= 0.3 is 4.87 Å². The number of carbonyl (C=O) groups excluding carboxylic acids is 1. The number of rotatable bonds is 6. The number of hydrogen-bond acceptors (Lipinski definition) is 4. The third-order valence-electron chi connectivity index (χ3n) is 2.19. The molecular weight excluding hydrogens is 226 g/mol. The fourth-order valence-corrected chi connectivity index (χ4v) is 1.72. The Morgan fingerprint density at radius 2 is 2.38 bits per heavy atom. The van der Waals surface area contributed by atoms with Gasteiger partial charge in [-0.05, 0) is 13.3 Å². The summed E-state index contributed by atoms with van der Waals surface area (Å²) in [5.41, 5.74) is 0.811. The van der Waals surface area contributed by atoms with Crippen LogP contribution in [-0.2, 0) is 11.3 Å². The summed E-state index contributed by atoms with van der Waals surface area (Å²) < 4.78 is 0. The van der Waals surface area contributed by atoms with Gasteiger partial charge in [-0.1, -0.05) is 18.3 Å². The molecule has 0 saturated carbocycles. The zero-order valence-electron chi connectivity index (χ0n) is 9.50. The monoisotopic (exact) mass is 243 g/mol. The molecule has 16 heavy (non-hydrogen) atoms. The van der Waals surface area contributed by atoms with Crippen LogP contribution in [0.5, 0.6) is 0 Å². The smallest absolute Gasteiger partial charge is 0.304 e. The molecular formula is C10H17N3O2S. The second-order valence-electron chi connectivity index (χ2n) is 3.65. The Labute approximate surface area is 98.3 Å². The van der Waals surface area contributed by atoms with Gasteiger partial charge in [0.05, 0.1) is 6.54 Å². The van der Waals surface area contributed by atoms with E-state index in [0.29, 0.717) is 6.54 Å². The minimum atomic E-state index is -0.0687. The van der Waals surface area contributed by atoms with E-state index in [1.807, 2.05) is 13.8 Å². The highest BCUT2D eigenvalue weighted by atomic mass is 32.1. The fourth-order valence-electron chi connectivity index (χ4n) is 1.14. The molecule has 0 radical (unpaired) electrons. The first-order valence-corrected chi connectivity index (χ1v) is 6.16. The number of carbonyl (C=O) groups is 1. The first-order valence-electron chi connectivity index (χ1n) is 5.28. The van der Waals surface area contributed by atoms with Crippen molar-refractivity contribution >= 4 is 17.2 Å². The standard InChI is InChI=1S/C10H17N3O2S/c1-3-7(2)12-9(14)5-11-4-8-6-16-10(15)13-8/h6-7,11H,3-5H2,1-2H3,(H,12,14)(H,13,15). The second-order valence-corrected chi connectivity index (χ2v) is 4.50. The zero-order chi connectivity index (χ0) is 12.0. The van der Waals surface area contributed by atoms with E-state index in [0.717, 1.165) is 23.5 Å². The van der Waals surface area contributed by atoms with Crippen LogP contribution < -0.4 is 15.5 Å². The molecule has 1 atom stereocenters. The lowest BCUT2D eigenvalue weighted by molar-refractivity contribution is -0.120. The topological polar surface area (TPSA) is 74.0 Å². The van der Waals surface area contributed by atoms with E-state index < -0.39 is 0 Å². The number of amides is 1. The van der Waals surface area contributed by atoms with Crippen LogP contribution in [-0.4, -0.2) is 23.5 Å². The number of aromatic amines is 1. The molecule has 0 saturated heterocycles. The van der Waals surface area contributed by atoms with Crippen LogP contribution in [0.2, 0.25) is 0 Å². The summed E-state index contributed by atoms with van der Waals surface area (Å²) >= 11 is 1.13. The summed E-state index contributed by atoms with van der Waals surface area (Å²) in [6, 6.07) is 0.204. The molecule has 90 valence electrons. The Hall–Kier alpha value is -1.14. The van der Waals surface area contributed by atoms with Gasteiger partial charge in [-0.25, -0.2) is 0 Å². The van der Waals surface area contributed by atoms with Gasteiger partial charge in [-0.3, -0.25) is 9.59 Å². The van der Waals surface area contributed by atoms with Gasteiger partial charge in [0.15, 0.2) is 0 Å². The van der Waals surface area contributed by atoms with E-state index in [1.165, 1.54) is 0 Å². The molecule has 1 unspecified atom stereocenters. The fraction of sp³-hybridized carbons (Fsp3) is 0.600. The van der Waals surface area contributed by atoms with E-state index in [-0.39, 0.29) is 23.4 Å². The predicted octanol–water partition coefficient (Wildman–Crippen LogP) is 0.441. The Bertz CT molecular complexity index is 385. The molecule has 6 heteroatoms. The lowest BCUT2D eigenvalue weighted by atomic mass is 10.2. The Morgan fingerprint density at radius 1 is 1.62 bits per heavy atom. The zero-order valence-corrected chi connectivity index (χ0v) is 10.3. The highest BCUT2D eigenvalue weighted by Gasteiger charge is 2.04. The van der Waals surface area contributed by atoms with Crippen molar-refractivity contribution in [1.82, 2.24) is 15.6 Å². The molecule has 0 bridgehead atoms. The molecule has 0 aliphatic rings. The summed E-state index contributed by atoms with van der Waals surface area (Å²) in [4.78, 5) is 24.8. The van der Waals surface area contributed by atoms with Gasteiger partial charge in [-0.15, -0.1) is 0 Å². The van der Waals surface area contributed by atoms with E-state index in [1.54, 1.807) is 5.38 Å². The van der Waals surface area contributed by atoms with Crippen LogP contribution >= 0.6 is 11.3 Å². The highest BCUT2D eigenvalue weighted by molar-refractivity contribution is 7.07. The number of aromatic nitrogens is 1. The molecule has 0 spiro atoms. The molecule has 1 amide bonds. The van der Waals surface area contributed by atoms with Crippen LogP contribution in [0.3, 0.4) is 0 Å². The number of nitrogens with one attached hydrogen (secondary N) is 3. The van der Waals surface area contributed by atoms with Gasteiger partial charge < -0.3 is 15.6 Å². The van der Waals surface area contributed by atoms with Crippen LogP contribution in [0.15, 0.2) is 10.2 Å². The Balaban J connectivity index is 2.20. The summed E-state index contributed by atoms with van der Waals surface area (Å²) in [6.07, 6.45) is 0.920. The Kier molecular flexibility index (Phi) is 5.21. The third kappa shape index (κ3) is 4.59. The average Bonchev–Trinajstić information content (AvgIpc) is 2.64. The molecule has 1 rings (SSSR count). The van der Waals surface area contributed by atoms with Crippen molar-refractivity contribution in [2.24, 2.45) is 0 Å². The van der Waals surface area contributed by atoms with Crippen molar-refractivity contribution in [2.45, 2.75) is 32.9 Å². The van der Waals surface area contributed by atoms with Crippen molar-refractivity contribution in [3.8, 4) is 0 Å². The summed E-state index contributed by atoms with van der Waals surface area (Å²) in [5.74, 6) is -0.0214. The second kappa shape index (κ2) is 6.44. The van der Waals surface area contributed by atoms with Crippen molar-refractivity contribution in [3.63, 3.8) is 0 Å². The maximum absolute atomic E-state index is 11.4. The maximum atomic E-state index is 11.4. The van der Waals surface area contributed by atoms with Gasteiger partial charge in [0.1, 0.15) is 0 Å². The summed E-state index contributed by atoms with van der Waals surface area (Å²) in [5, 5.41) is 7.57. The summed E-state index contributed by atoms with van der Waals surface area (Å²) in [7, 11) is 0. The van der Waals surface area contributed by atoms with Crippen molar-refractivity contribution in [2.75, 3.05) is 6.54 Å². The third-order valence-corrected chi connectivity index (χ3v) is 2.91. The number of H-pyrrole nitrogens is 1. The normalized spacial score (nSPS) is 12.4. The SMILES string of the molecule is CCC(C)NC(=O)CNCc1csc(=O)[nH]1. The quantitative estimate of drug-likeness (QED) is 0.679. The van der Waals surface area contributed by atoms with Crippen molar-refractivity contribution in [1.29, 1.82) is 0 Å². The number of thiazole rings is 1. The summed E-state index contributed by atoms with van der Waals surface area (Å²) in [6.45, 7) is 4.76. The van der Waals surface area contributed by atoms with Gasteiger partial charge in [0.2, 0.25) is 5.91 Å². The van der Waals surface area contributed by atoms with Gasteiger partial charge in [0, 0.05) is 23.7 Å². The highest BCUT2D eigenvalue weighted by Crippen LogP contribution is 1.94. The van der Waals surface area contributed by atoms with Crippen LogP contribution in [0.1, 0.15) is 26.0 Å². The average molecular weight is 243 g/mol. The van der Waals surface area contributed by atoms with Crippen molar-refractivity contribution < 1.29 is 4.79 Å². The largest absolute Gasteiger partial charge is 0.353 e. The molecule has 1 heterocycles. The van der Waals surface area contributed by atoms with Gasteiger partial charge in [0.25, 0.3) is 0 Å². The van der Waals surface area contributed by atoms with E-state index in [4.69, 9.17) is 0 Å². The molecule has 0 aromatic carbocycles. The lowest BCUT2D eigenvalue weighted by Gasteiger charge is -2.11. The number of hydrogen-bond donors (Lipinski definition) is 3.